The summed E-state index contributed by atoms with van der Waals surface area (Å²) in [6.45, 7) is 5.74. The predicted octanol–water partition coefficient (Wildman–Crippen LogP) is 1.85. The van der Waals surface area contributed by atoms with Crippen LogP contribution in [0.15, 0.2) is 4.79 Å². The van der Waals surface area contributed by atoms with E-state index in [0.29, 0.717) is 46.2 Å². The Morgan fingerprint density at radius 3 is 2.89 bits per heavy atom. The van der Waals surface area contributed by atoms with Crippen LogP contribution in [-0.2, 0) is 20.8 Å². The number of likely N-dealkylation sites (tertiary alicyclic amines) is 1. The van der Waals surface area contributed by atoms with Crippen molar-refractivity contribution in [1.29, 1.82) is 0 Å². The van der Waals surface area contributed by atoms with E-state index in [1.165, 1.54) is 7.11 Å². The van der Waals surface area contributed by atoms with E-state index < -0.39 is 5.97 Å². The molecule has 0 aliphatic carbocycles. The van der Waals surface area contributed by atoms with Gasteiger partial charge in [0, 0.05) is 6.54 Å². The number of thiophene rings is 1. The fourth-order valence-corrected chi connectivity index (χ4v) is 4.53. The van der Waals surface area contributed by atoms with Crippen LogP contribution in [0.1, 0.15) is 40.8 Å². The van der Waals surface area contributed by atoms with Gasteiger partial charge in [-0.05, 0) is 38.8 Å². The SMILES string of the molecule is CCOC(=O)C1CCCN(Cc2nc3sc(C(=O)OC)c(C)c3c(=O)[nH]2)C1. The molecule has 1 fully saturated rings. The summed E-state index contributed by atoms with van der Waals surface area (Å²) < 4.78 is 9.90. The summed E-state index contributed by atoms with van der Waals surface area (Å²) in [5.74, 6) is -0.265. The van der Waals surface area contributed by atoms with Crippen molar-refractivity contribution in [3.05, 3.63) is 26.6 Å². The van der Waals surface area contributed by atoms with Crippen molar-refractivity contribution >= 4 is 33.5 Å². The van der Waals surface area contributed by atoms with E-state index in [0.717, 1.165) is 30.7 Å². The van der Waals surface area contributed by atoms with E-state index >= 15 is 0 Å². The summed E-state index contributed by atoms with van der Waals surface area (Å²) in [4.78, 5) is 46.7. The number of nitrogens with zero attached hydrogens (tertiary/aromatic N) is 2. The lowest BCUT2D eigenvalue weighted by atomic mass is 9.98. The van der Waals surface area contributed by atoms with Gasteiger partial charge in [-0.2, -0.15) is 0 Å². The molecule has 1 unspecified atom stereocenters. The number of H-pyrrole nitrogens is 1. The third kappa shape index (κ3) is 4.03. The van der Waals surface area contributed by atoms with Crippen LogP contribution in [0.4, 0.5) is 0 Å². The van der Waals surface area contributed by atoms with Gasteiger partial charge in [-0.15, -0.1) is 11.3 Å². The molecule has 2 aromatic heterocycles. The summed E-state index contributed by atoms with van der Waals surface area (Å²) in [5.41, 5.74) is 0.320. The van der Waals surface area contributed by atoms with Crippen molar-refractivity contribution in [3.63, 3.8) is 0 Å². The Kier molecular flexibility index (Phi) is 5.91. The number of piperidine rings is 1. The summed E-state index contributed by atoms with van der Waals surface area (Å²) >= 11 is 1.16. The molecule has 1 aliphatic rings. The van der Waals surface area contributed by atoms with E-state index in [1.807, 2.05) is 0 Å². The first-order valence-corrected chi connectivity index (χ1v) is 9.75. The number of aromatic amines is 1. The summed E-state index contributed by atoms with van der Waals surface area (Å²) in [7, 11) is 1.31. The molecule has 9 heteroatoms. The lowest BCUT2D eigenvalue weighted by molar-refractivity contribution is -0.150. The second-order valence-corrected chi connectivity index (χ2v) is 7.57. The molecule has 27 heavy (non-hydrogen) atoms. The maximum atomic E-state index is 12.5. The number of methoxy groups -OCH3 is 1. The number of nitrogens with one attached hydrogen (secondary N) is 1. The summed E-state index contributed by atoms with van der Waals surface area (Å²) in [6.07, 6.45) is 1.70. The first-order chi connectivity index (χ1) is 12.9. The first-order valence-electron chi connectivity index (χ1n) is 8.94. The number of fused-ring (bicyclic) bond motifs is 1. The van der Waals surface area contributed by atoms with Crippen molar-refractivity contribution in [2.24, 2.45) is 5.92 Å². The minimum Gasteiger partial charge on any atom is -0.466 e. The van der Waals surface area contributed by atoms with Gasteiger partial charge >= 0.3 is 11.9 Å². The second kappa shape index (κ2) is 8.18. The lowest BCUT2D eigenvalue weighted by Crippen LogP contribution is -2.39. The monoisotopic (exact) mass is 393 g/mol. The third-order valence-corrected chi connectivity index (χ3v) is 5.88. The molecule has 146 valence electrons. The minimum absolute atomic E-state index is 0.149. The molecule has 1 saturated heterocycles. The lowest BCUT2D eigenvalue weighted by Gasteiger charge is -2.30. The number of ether oxygens (including phenoxy) is 2. The highest BCUT2D eigenvalue weighted by Crippen LogP contribution is 2.28. The maximum Gasteiger partial charge on any atom is 0.348 e. The molecule has 0 bridgehead atoms. The van der Waals surface area contributed by atoms with Crippen molar-refractivity contribution in [2.75, 3.05) is 26.8 Å². The van der Waals surface area contributed by atoms with Crippen LogP contribution in [0.3, 0.4) is 0 Å². The maximum absolute atomic E-state index is 12.5. The molecule has 0 spiro atoms. The molecule has 1 N–H and O–H groups in total. The Hall–Kier alpha value is -2.26. The smallest absolute Gasteiger partial charge is 0.348 e. The molecule has 3 heterocycles. The molecular weight excluding hydrogens is 370 g/mol. The van der Waals surface area contributed by atoms with E-state index in [-0.39, 0.29) is 17.4 Å². The predicted molar refractivity (Wildman–Crippen MR) is 101 cm³/mol. The van der Waals surface area contributed by atoms with E-state index in [9.17, 15) is 14.4 Å². The van der Waals surface area contributed by atoms with Gasteiger partial charge in [0.15, 0.2) is 0 Å². The molecule has 0 radical (unpaired) electrons. The number of carbonyl (C=O) groups is 2. The Morgan fingerprint density at radius 2 is 2.19 bits per heavy atom. The van der Waals surface area contributed by atoms with Crippen LogP contribution >= 0.6 is 11.3 Å². The van der Waals surface area contributed by atoms with Crippen LogP contribution < -0.4 is 5.56 Å². The third-order valence-electron chi connectivity index (χ3n) is 4.72. The Bertz CT molecular complexity index is 920. The summed E-state index contributed by atoms with van der Waals surface area (Å²) in [6, 6.07) is 0. The fraction of sp³-hybridized carbons (Fsp3) is 0.556. The zero-order chi connectivity index (χ0) is 19.6. The van der Waals surface area contributed by atoms with Crippen molar-refractivity contribution in [1.82, 2.24) is 14.9 Å². The number of hydrogen-bond donors (Lipinski definition) is 1. The molecular formula is C18H23N3O5S. The van der Waals surface area contributed by atoms with Crippen molar-refractivity contribution in [2.45, 2.75) is 33.2 Å². The number of aromatic nitrogens is 2. The highest BCUT2D eigenvalue weighted by atomic mass is 32.1. The highest BCUT2D eigenvalue weighted by molar-refractivity contribution is 7.20. The summed E-state index contributed by atoms with van der Waals surface area (Å²) in [5, 5.41) is 0.423. The fourth-order valence-electron chi connectivity index (χ4n) is 3.41. The Morgan fingerprint density at radius 1 is 1.41 bits per heavy atom. The second-order valence-electron chi connectivity index (χ2n) is 6.57. The number of carbonyl (C=O) groups excluding carboxylic acids is 2. The molecule has 8 nitrogen and oxygen atoms in total. The van der Waals surface area contributed by atoms with Gasteiger partial charge in [0.05, 0.1) is 31.6 Å². The van der Waals surface area contributed by atoms with Gasteiger partial charge in [-0.1, -0.05) is 0 Å². The van der Waals surface area contributed by atoms with Crippen LogP contribution in [-0.4, -0.2) is 53.6 Å². The molecule has 2 aromatic rings. The number of esters is 2. The number of hydrogen-bond acceptors (Lipinski definition) is 8. The Balaban J connectivity index is 1.82. The average Bonchev–Trinajstić information content (AvgIpc) is 2.98. The average molecular weight is 393 g/mol. The van der Waals surface area contributed by atoms with Crippen LogP contribution in [0, 0.1) is 12.8 Å². The van der Waals surface area contributed by atoms with Gasteiger partial charge < -0.3 is 14.5 Å². The zero-order valence-electron chi connectivity index (χ0n) is 15.7. The topological polar surface area (TPSA) is 102 Å². The molecule has 0 aromatic carbocycles. The van der Waals surface area contributed by atoms with E-state index in [1.54, 1.807) is 13.8 Å². The van der Waals surface area contributed by atoms with Gasteiger partial charge in [0.1, 0.15) is 15.5 Å². The zero-order valence-corrected chi connectivity index (χ0v) is 16.5. The van der Waals surface area contributed by atoms with Gasteiger partial charge in [0.2, 0.25) is 0 Å². The Labute approximate surface area is 160 Å². The largest absolute Gasteiger partial charge is 0.466 e. The number of aryl methyl sites for hydroxylation is 1. The molecule has 0 amide bonds. The van der Waals surface area contributed by atoms with Crippen LogP contribution in [0.25, 0.3) is 10.2 Å². The molecule has 3 rings (SSSR count). The van der Waals surface area contributed by atoms with Crippen molar-refractivity contribution < 1.29 is 19.1 Å². The quantitative estimate of drug-likeness (QED) is 0.774. The van der Waals surface area contributed by atoms with Crippen molar-refractivity contribution in [3.8, 4) is 0 Å². The molecule has 1 atom stereocenters. The standard InChI is InChI=1S/C18H23N3O5S/c1-4-26-17(23)11-6-5-7-21(8-11)9-12-19-15(22)13-10(2)14(18(24)25-3)27-16(13)20-12/h11H,4-9H2,1-3H3,(H,19,20,22). The van der Waals surface area contributed by atoms with E-state index in [4.69, 9.17) is 9.47 Å². The molecule has 1 aliphatic heterocycles. The van der Waals surface area contributed by atoms with Gasteiger partial charge in [0.25, 0.3) is 5.56 Å². The van der Waals surface area contributed by atoms with Gasteiger partial charge in [-0.25, -0.2) is 9.78 Å². The highest BCUT2D eigenvalue weighted by Gasteiger charge is 2.27. The van der Waals surface area contributed by atoms with E-state index in [2.05, 4.69) is 14.9 Å². The minimum atomic E-state index is -0.468. The van der Waals surface area contributed by atoms with Gasteiger partial charge in [-0.3, -0.25) is 14.5 Å². The first kappa shape index (κ1) is 19.5. The van der Waals surface area contributed by atoms with Crippen LogP contribution in [0.5, 0.6) is 0 Å². The number of rotatable bonds is 5. The molecule has 0 saturated carbocycles. The van der Waals surface area contributed by atoms with Crippen LogP contribution in [0.2, 0.25) is 0 Å². The normalized spacial score (nSPS) is 17.8.